The number of nitrogens with zero attached hydrogens (tertiary/aromatic N) is 1. The zero-order valence-electron chi connectivity index (χ0n) is 9.00. The third-order valence-corrected chi connectivity index (χ3v) is 3.42. The Morgan fingerprint density at radius 3 is 2.69 bits per heavy atom. The predicted molar refractivity (Wildman–Crippen MR) is 61.7 cm³/mol. The van der Waals surface area contributed by atoms with E-state index in [-0.39, 0.29) is 0 Å². The number of methoxy groups -OCH3 is 1. The predicted octanol–water partition coefficient (Wildman–Crippen LogP) is 3.06. The lowest BCUT2D eigenvalue weighted by Crippen LogP contribution is -2.31. The maximum absolute atomic E-state index is 10.4. The maximum atomic E-state index is 10.4. The number of ether oxygens (including phenoxy) is 1. The van der Waals surface area contributed by atoms with Crippen LogP contribution >= 0.6 is 11.6 Å². The molecule has 0 saturated heterocycles. The van der Waals surface area contributed by atoms with Crippen molar-refractivity contribution >= 4 is 17.7 Å². The molecule has 0 heterocycles. The molecule has 1 aromatic carbocycles. The van der Waals surface area contributed by atoms with Crippen molar-refractivity contribution in [1.82, 2.24) is 0 Å². The molecular weight excluding hydrogens is 226 g/mol. The van der Waals surface area contributed by atoms with E-state index in [1.54, 1.807) is 19.3 Å². The van der Waals surface area contributed by atoms with Crippen LogP contribution in [0, 0.1) is 0 Å². The van der Waals surface area contributed by atoms with E-state index in [4.69, 9.17) is 16.3 Å². The van der Waals surface area contributed by atoms with Crippen LogP contribution in [0.1, 0.15) is 24.8 Å². The fraction of sp³-hybridized carbons (Fsp3) is 0.417. The highest BCUT2D eigenvalue weighted by atomic mass is 35.5. The Morgan fingerprint density at radius 1 is 1.50 bits per heavy atom. The second-order valence-electron chi connectivity index (χ2n) is 3.94. The molecule has 0 radical (unpaired) electrons. The quantitative estimate of drug-likeness (QED) is 0.599. The lowest BCUT2D eigenvalue weighted by atomic mass is 9.72. The van der Waals surface area contributed by atoms with Crippen molar-refractivity contribution in [3.63, 3.8) is 0 Å². The van der Waals surface area contributed by atoms with Gasteiger partial charge in [0.2, 0.25) is 6.08 Å². The number of isocyanates is 1. The summed E-state index contributed by atoms with van der Waals surface area (Å²) in [4.78, 5) is 14.4. The molecule has 1 aromatic rings. The first-order valence-electron chi connectivity index (χ1n) is 5.15. The number of hydrogen-bond donors (Lipinski definition) is 0. The Hall–Kier alpha value is -1.31. The van der Waals surface area contributed by atoms with Crippen molar-refractivity contribution in [2.75, 3.05) is 7.11 Å². The van der Waals surface area contributed by atoms with Crippen LogP contribution in [0.4, 0.5) is 0 Å². The van der Waals surface area contributed by atoms with Crippen LogP contribution < -0.4 is 4.74 Å². The van der Waals surface area contributed by atoms with Crippen LogP contribution in [-0.4, -0.2) is 13.2 Å². The Labute approximate surface area is 99.1 Å². The number of benzene rings is 1. The zero-order chi connectivity index (χ0) is 11.6. The van der Waals surface area contributed by atoms with E-state index in [1.165, 1.54) is 0 Å². The maximum Gasteiger partial charge on any atom is 0.235 e. The normalized spacial score (nSPS) is 17.1. The van der Waals surface area contributed by atoms with E-state index in [0.717, 1.165) is 24.8 Å². The Balaban J connectivity index is 2.40. The fourth-order valence-electron chi connectivity index (χ4n) is 2.02. The average Bonchev–Trinajstić information content (AvgIpc) is 2.23. The summed E-state index contributed by atoms with van der Waals surface area (Å²) in [6.45, 7) is 0. The van der Waals surface area contributed by atoms with Crippen LogP contribution in [0.15, 0.2) is 23.2 Å². The molecule has 0 bridgehead atoms. The third-order valence-electron chi connectivity index (χ3n) is 3.13. The van der Waals surface area contributed by atoms with Crippen molar-refractivity contribution in [3.05, 3.63) is 28.8 Å². The molecule has 1 saturated carbocycles. The minimum atomic E-state index is -0.391. The van der Waals surface area contributed by atoms with E-state index in [0.29, 0.717) is 10.8 Å². The topological polar surface area (TPSA) is 38.7 Å². The van der Waals surface area contributed by atoms with Gasteiger partial charge >= 0.3 is 0 Å². The van der Waals surface area contributed by atoms with Crippen LogP contribution in [0.3, 0.4) is 0 Å². The largest absolute Gasteiger partial charge is 0.495 e. The van der Waals surface area contributed by atoms with Crippen molar-refractivity contribution in [3.8, 4) is 5.75 Å². The summed E-state index contributed by atoms with van der Waals surface area (Å²) < 4.78 is 5.08. The molecule has 4 heteroatoms. The average molecular weight is 238 g/mol. The second kappa shape index (κ2) is 4.28. The van der Waals surface area contributed by atoms with Gasteiger partial charge in [0.15, 0.2) is 0 Å². The van der Waals surface area contributed by atoms with Gasteiger partial charge in [-0.2, -0.15) is 4.99 Å². The summed E-state index contributed by atoms with van der Waals surface area (Å²) in [5.74, 6) is 0.634. The van der Waals surface area contributed by atoms with E-state index in [2.05, 4.69) is 4.99 Å². The minimum Gasteiger partial charge on any atom is -0.495 e. The molecule has 0 unspecified atom stereocenters. The molecule has 3 nitrogen and oxygen atoms in total. The number of halogens is 1. The lowest BCUT2D eigenvalue weighted by Gasteiger charge is -2.37. The molecule has 0 amide bonds. The molecule has 0 atom stereocenters. The monoisotopic (exact) mass is 237 g/mol. The van der Waals surface area contributed by atoms with Gasteiger partial charge < -0.3 is 4.74 Å². The van der Waals surface area contributed by atoms with Crippen molar-refractivity contribution in [2.45, 2.75) is 24.8 Å². The van der Waals surface area contributed by atoms with Gasteiger partial charge in [0.25, 0.3) is 0 Å². The molecule has 1 aliphatic carbocycles. The SMILES string of the molecule is COc1ccc(C2(N=C=O)CCC2)cc1Cl. The van der Waals surface area contributed by atoms with Gasteiger partial charge in [-0.1, -0.05) is 17.7 Å². The van der Waals surface area contributed by atoms with Gasteiger partial charge in [-0.3, -0.25) is 0 Å². The van der Waals surface area contributed by atoms with Crippen molar-refractivity contribution < 1.29 is 9.53 Å². The summed E-state index contributed by atoms with van der Waals surface area (Å²) >= 11 is 6.05. The van der Waals surface area contributed by atoms with Crippen LogP contribution in [-0.2, 0) is 10.3 Å². The number of aliphatic imine (C=N–C) groups is 1. The van der Waals surface area contributed by atoms with Crippen molar-refractivity contribution in [1.29, 1.82) is 0 Å². The van der Waals surface area contributed by atoms with Crippen LogP contribution in [0.25, 0.3) is 0 Å². The van der Waals surface area contributed by atoms with Crippen molar-refractivity contribution in [2.24, 2.45) is 4.99 Å². The Bertz CT molecular complexity index is 448. The van der Waals surface area contributed by atoms with Gasteiger partial charge in [0, 0.05) is 0 Å². The Morgan fingerprint density at radius 2 is 2.25 bits per heavy atom. The van der Waals surface area contributed by atoms with E-state index >= 15 is 0 Å². The Kier molecular flexibility index (Phi) is 2.99. The summed E-state index contributed by atoms with van der Waals surface area (Å²) in [5.41, 5.74) is 0.574. The van der Waals surface area contributed by atoms with Gasteiger partial charge in [-0.15, -0.1) is 0 Å². The van der Waals surface area contributed by atoms with E-state index < -0.39 is 5.54 Å². The zero-order valence-corrected chi connectivity index (χ0v) is 9.75. The molecule has 0 aliphatic heterocycles. The number of carbonyl (C=O) groups excluding carboxylic acids is 1. The molecule has 0 spiro atoms. The molecule has 0 N–H and O–H groups in total. The highest BCUT2D eigenvalue weighted by Crippen LogP contribution is 2.46. The lowest BCUT2D eigenvalue weighted by molar-refractivity contribution is 0.255. The van der Waals surface area contributed by atoms with E-state index in [1.807, 2.05) is 12.1 Å². The molecular formula is C12H12ClNO2. The van der Waals surface area contributed by atoms with Crippen LogP contribution in [0.5, 0.6) is 5.75 Å². The third kappa shape index (κ3) is 1.73. The second-order valence-corrected chi connectivity index (χ2v) is 4.34. The van der Waals surface area contributed by atoms with Gasteiger partial charge in [-0.05, 0) is 37.0 Å². The summed E-state index contributed by atoms with van der Waals surface area (Å²) in [6, 6.07) is 5.53. The molecule has 16 heavy (non-hydrogen) atoms. The number of hydrogen-bond acceptors (Lipinski definition) is 3. The molecule has 1 fully saturated rings. The first kappa shape index (κ1) is 11.2. The highest BCUT2D eigenvalue weighted by Gasteiger charge is 2.39. The van der Waals surface area contributed by atoms with Gasteiger partial charge in [0.1, 0.15) is 5.75 Å². The molecule has 1 aliphatic rings. The van der Waals surface area contributed by atoms with Gasteiger partial charge in [-0.25, -0.2) is 4.79 Å². The molecule has 0 aromatic heterocycles. The molecule has 2 rings (SSSR count). The molecule has 84 valence electrons. The van der Waals surface area contributed by atoms with Crippen LogP contribution in [0.2, 0.25) is 5.02 Å². The van der Waals surface area contributed by atoms with E-state index in [9.17, 15) is 4.79 Å². The summed E-state index contributed by atoms with van der Waals surface area (Å²) in [6.07, 6.45) is 4.50. The van der Waals surface area contributed by atoms with Gasteiger partial charge in [0.05, 0.1) is 17.7 Å². The first-order chi connectivity index (χ1) is 7.72. The smallest absolute Gasteiger partial charge is 0.235 e. The number of rotatable bonds is 3. The highest BCUT2D eigenvalue weighted by molar-refractivity contribution is 6.32. The fourth-order valence-corrected chi connectivity index (χ4v) is 2.28. The summed E-state index contributed by atoms with van der Waals surface area (Å²) in [5, 5.41) is 0.548. The minimum absolute atomic E-state index is 0.391. The summed E-state index contributed by atoms with van der Waals surface area (Å²) in [7, 11) is 1.57. The standard InChI is InChI=1S/C12H12ClNO2/c1-16-11-4-3-9(7-10(11)13)12(14-8-15)5-2-6-12/h3-4,7H,2,5-6H2,1H3. The first-order valence-corrected chi connectivity index (χ1v) is 5.53.